The van der Waals surface area contributed by atoms with Crippen LogP contribution in [0.2, 0.25) is 0 Å². The lowest BCUT2D eigenvalue weighted by Gasteiger charge is -2.09. The number of carbonyl (C=O) groups excluding carboxylic acids is 3. The molecule has 0 aliphatic rings. The third-order valence-corrected chi connectivity index (χ3v) is 3.90. The molecule has 0 bridgehead atoms. The van der Waals surface area contributed by atoms with E-state index in [-0.39, 0.29) is 24.3 Å². The van der Waals surface area contributed by atoms with E-state index in [0.717, 1.165) is 17.5 Å². The van der Waals surface area contributed by atoms with Gasteiger partial charge < -0.3 is 16.0 Å². The van der Waals surface area contributed by atoms with Crippen molar-refractivity contribution in [3.05, 3.63) is 65.2 Å². The van der Waals surface area contributed by atoms with Gasteiger partial charge in [0.25, 0.3) is 5.91 Å². The maximum Gasteiger partial charge on any atom is 0.251 e. The second-order valence-electron chi connectivity index (χ2n) is 6.32. The van der Waals surface area contributed by atoms with Gasteiger partial charge in [-0.05, 0) is 43.2 Å². The molecule has 0 fully saturated rings. The van der Waals surface area contributed by atoms with Crippen molar-refractivity contribution in [3.8, 4) is 0 Å². The molecular weight excluding hydrogens is 342 g/mol. The molecule has 0 spiro atoms. The zero-order valence-electron chi connectivity index (χ0n) is 15.7. The minimum absolute atomic E-state index is 0.0301. The second-order valence-corrected chi connectivity index (χ2v) is 6.32. The fourth-order valence-electron chi connectivity index (χ4n) is 2.44. The summed E-state index contributed by atoms with van der Waals surface area (Å²) in [6.07, 6.45) is 1.26. The van der Waals surface area contributed by atoms with E-state index in [1.165, 1.54) is 0 Å². The van der Waals surface area contributed by atoms with Crippen molar-refractivity contribution < 1.29 is 14.4 Å². The molecule has 6 nitrogen and oxygen atoms in total. The molecule has 0 atom stereocenters. The number of anilines is 1. The van der Waals surface area contributed by atoms with E-state index in [1.807, 2.05) is 44.2 Å². The molecule has 0 aliphatic heterocycles. The summed E-state index contributed by atoms with van der Waals surface area (Å²) >= 11 is 0. The molecule has 0 radical (unpaired) electrons. The van der Waals surface area contributed by atoms with E-state index in [2.05, 4.69) is 16.0 Å². The highest BCUT2D eigenvalue weighted by atomic mass is 16.2. The normalized spacial score (nSPS) is 10.1. The summed E-state index contributed by atoms with van der Waals surface area (Å²) in [5.74, 6) is -0.598. The van der Waals surface area contributed by atoms with Crippen LogP contribution in [0.1, 0.15) is 41.3 Å². The van der Waals surface area contributed by atoms with Crippen LogP contribution in [0.3, 0.4) is 0 Å². The standard InChI is InChI=1S/C21H25N3O3/c1-3-5-19(25)24-18-7-4-6-16(12-18)13-22-20(26)14-23-21(27)17-10-8-15(2)9-11-17/h4,6-12H,3,5,13-14H2,1-2H3,(H,22,26)(H,23,27)(H,24,25). The quantitative estimate of drug-likeness (QED) is 0.670. The van der Waals surface area contributed by atoms with Crippen LogP contribution in [0.5, 0.6) is 0 Å². The predicted octanol–water partition coefficient (Wildman–Crippen LogP) is 2.78. The summed E-state index contributed by atoms with van der Waals surface area (Å²) in [6.45, 7) is 4.11. The Kier molecular flexibility index (Phi) is 7.55. The van der Waals surface area contributed by atoms with Gasteiger partial charge >= 0.3 is 0 Å². The molecule has 3 N–H and O–H groups in total. The summed E-state index contributed by atoms with van der Waals surface area (Å²) < 4.78 is 0. The minimum atomic E-state index is -0.286. The SMILES string of the molecule is CCCC(=O)Nc1cccc(CNC(=O)CNC(=O)c2ccc(C)cc2)c1. The van der Waals surface area contributed by atoms with Crippen LogP contribution >= 0.6 is 0 Å². The summed E-state index contributed by atoms with van der Waals surface area (Å²) in [7, 11) is 0. The summed E-state index contributed by atoms with van der Waals surface area (Å²) in [6, 6.07) is 14.5. The van der Waals surface area contributed by atoms with E-state index < -0.39 is 0 Å². The van der Waals surface area contributed by atoms with E-state index in [0.29, 0.717) is 24.2 Å². The average Bonchev–Trinajstić information content (AvgIpc) is 2.65. The Hall–Kier alpha value is -3.15. The summed E-state index contributed by atoms with van der Waals surface area (Å²) in [5.41, 5.74) is 3.15. The number of hydrogen-bond acceptors (Lipinski definition) is 3. The monoisotopic (exact) mass is 367 g/mol. The van der Waals surface area contributed by atoms with Crippen molar-refractivity contribution in [1.82, 2.24) is 10.6 Å². The van der Waals surface area contributed by atoms with Crippen molar-refractivity contribution in [3.63, 3.8) is 0 Å². The number of amides is 3. The third kappa shape index (κ3) is 6.93. The number of aryl methyl sites for hydroxylation is 1. The lowest BCUT2D eigenvalue weighted by molar-refractivity contribution is -0.120. The molecule has 3 amide bonds. The average molecular weight is 367 g/mol. The van der Waals surface area contributed by atoms with Crippen LogP contribution < -0.4 is 16.0 Å². The van der Waals surface area contributed by atoms with Crippen molar-refractivity contribution in [2.75, 3.05) is 11.9 Å². The van der Waals surface area contributed by atoms with Crippen LogP contribution in [0.4, 0.5) is 5.69 Å². The predicted molar refractivity (Wildman–Crippen MR) is 105 cm³/mol. The Bertz CT molecular complexity index is 801. The highest BCUT2D eigenvalue weighted by Crippen LogP contribution is 2.11. The molecule has 0 saturated carbocycles. The Morgan fingerprint density at radius 2 is 1.67 bits per heavy atom. The zero-order chi connectivity index (χ0) is 19.6. The first-order valence-corrected chi connectivity index (χ1v) is 8.98. The third-order valence-electron chi connectivity index (χ3n) is 3.90. The summed E-state index contributed by atoms with van der Waals surface area (Å²) in [5, 5.41) is 8.18. The Morgan fingerprint density at radius 3 is 2.37 bits per heavy atom. The van der Waals surface area contributed by atoms with Gasteiger partial charge in [0.1, 0.15) is 0 Å². The second kappa shape index (κ2) is 10.1. The smallest absolute Gasteiger partial charge is 0.251 e. The topological polar surface area (TPSA) is 87.3 Å². The lowest BCUT2D eigenvalue weighted by Crippen LogP contribution is -2.36. The fraction of sp³-hybridized carbons (Fsp3) is 0.286. The Labute approximate surface area is 159 Å². The first-order valence-electron chi connectivity index (χ1n) is 8.98. The number of carbonyl (C=O) groups is 3. The molecule has 0 aromatic heterocycles. The van der Waals surface area contributed by atoms with E-state index in [1.54, 1.807) is 18.2 Å². The molecule has 6 heteroatoms. The first-order chi connectivity index (χ1) is 13.0. The van der Waals surface area contributed by atoms with Crippen molar-refractivity contribution in [2.45, 2.75) is 33.2 Å². The first kappa shape index (κ1) is 20.2. The van der Waals surface area contributed by atoms with Gasteiger partial charge in [-0.1, -0.05) is 36.8 Å². The van der Waals surface area contributed by atoms with Gasteiger partial charge in [0, 0.05) is 24.2 Å². The number of hydrogen-bond donors (Lipinski definition) is 3. The van der Waals surface area contributed by atoms with Gasteiger partial charge in [-0.3, -0.25) is 14.4 Å². The number of nitrogens with one attached hydrogen (secondary N) is 3. The van der Waals surface area contributed by atoms with E-state index >= 15 is 0 Å². The van der Waals surface area contributed by atoms with Crippen LogP contribution in [-0.2, 0) is 16.1 Å². The largest absolute Gasteiger partial charge is 0.350 e. The van der Waals surface area contributed by atoms with Gasteiger partial charge in [0.05, 0.1) is 6.54 Å². The molecule has 0 unspecified atom stereocenters. The van der Waals surface area contributed by atoms with Crippen LogP contribution in [-0.4, -0.2) is 24.3 Å². The molecule has 2 aromatic carbocycles. The van der Waals surface area contributed by atoms with E-state index in [4.69, 9.17) is 0 Å². The Balaban J connectivity index is 1.79. The van der Waals surface area contributed by atoms with Crippen molar-refractivity contribution in [1.29, 1.82) is 0 Å². The lowest BCUT2D eigenvalue weighted by atomic mass is 10.1. The molecule has 27 heavy (non-hydrogen) atoms. The van der Waals surface area contributed by atoms with Gasteiger partial charge in [-0.25, -0.2) is 0 Å². The van der Waals surface area contributed by atoms with Gasteiger partial charge in [-0.15, -0.1) is 0 Å². The highest BCUT2D eigenvalue weighted by Gasteiger charge is 2.08. The maximum atomic E-state index is 12.0. The maximum absolute atomic E-state index is 12.0. The molecule has 0 saturated heterocycles. The molecule has 142 valence electrons. The van der Waals surface area contributed by atoms with Crippen LogP contribution in [0.25, 0.3) is 0 Å². The van der Waals surface area contributed by atoms with Gasteiger partial charge in [-0.2, -0.15) is 0 Å². The molecule has 2 aromatic rings. The fourth-order valence-corrected chi connectivity index (χ4v) is 2.44. The summed E-state index contributed by atoms with van der Waals surface area (Å²) in [4.78, 5) is 35.6. The minimum Gasteiger partial charge on any atom is -0.350 e. The van der Waals surface area contributed by atoms with Gasteiger partial charge in [0.2, 0.25) is 11.8 Å². The molecule has 2 rings (SSSR count). The zero-order valence-corrected chi connectivity index (χ0v) is 15.7. The van der Waals surface area contributed by atoms with E-state index in [9.17, 15) is 14.4 Å². The number of rotatable bonds is 8. The van der Waals surface area contributed by atoms with Crippen molar-refractivity contribution >= 4 is 23.4 Å². The molecule has 0 heterocycles. The molecule has 0 aliphatic carbocycles. The number of benzene rings is 2. The Morgan fingerprint density at radius 1 is 0.926 bits per heavy atom. The van der Waals surface area contributed by atoms with Gasteiger partial charge in [0.15, 0.2) is 0 Å². The van der Waals surface area contributed by atoms with Crippen LogP contribution in [0, 0.1) is 6.92 Å². The molecular formula is C21H25N3O3. The van der Waals surface area contributed by atoms with Crippen molar-refractivity contribution in [2.24, 2.45) is 0 Å². The van der Waals surface area contributed by atoms with Crippen LogP contribution in [0.15, 0.2) is 48.5 Å². The highest BCUT2D eigenvalue weighted by molar-refractivity contribution is 5.96.